The van der Waals surface area contributed by atoms with Gasteiger partial charge in [0.25, 0.3) is 0 Å². The van der Waals surface area contributed by atoms with E-state index in [0.29, 0.717) is 5.92 Å². The van der Waals surface area contributed by atoms with Crippen molar-refractivity contribution in [1.82, 2.24) is 4.98 Å². The monoisotopic (exact) mass is 335 g/mol. The molecule has 0 saturated heterocycles. The van der Waals surface area contributed by atoms with Crippen LogP contribution in [0.25, 0.3) is 10.9 Å². The third-order valence-corrected chi connectivity index (χ3v) is 4.85. The van der Waals surface area contributed by atoms with E-state index in [-0.39, 0.29) is 6.42 Å². The van der Waals surface area contributed by atoms with Gasteiger partial charge in [-0.3, -0.25) is 4.79 Å². The van der Waals surface area contributed by atoms with Gasteiger partial charge < -0.3 is 10.1 Å². The summed E-state index contributed by atoms with van der Waals surface area (Å²) in [6.07, 6.45) is 6.54. The molecule has 2 aromatic rings. The Labute approximate surface area is 126 Å². The van der Waals surface area contributed by atoms with Crippen molar-refractivity contribution in [2.24, 2.45) is 0 Å². The molecule has 1 fully saturated rings. The van der Waals surface area contributed by atoms with Crippen molar-refractivity contribution < 1.29 is 9.90 Å². The molecule has 1 heterocycles. The predicted molar refractivity (Wildman–Crippen MR) is 83.2 cm³/mol. The third-order valence-electron chi connectivity index (χ3n) is 4.22. The van der Waals surface area contributed by atoms with Gasteiger partial charge in [0.1, 0.15) is 0 Å². The topological polar surface area (TPSA) is 53.1 Å². The molecule has 1 aliphatic rings. The van der Waals surface area contributed by atoms with Crippen molar-refractivity contribution in [2.45, 2.75) is 44.4 Å². The van der Waals surface area contributed by atoms with Gasteiger partial charge in [0.2, 0.25) is 0 Å². The van der Waals surface area contributed by atoms with E-state index in [1.807, 2.05) is 12.1 Å². The minimum absolute atomic E-state index is 0.0747. The number of hydrogen-bond acceptors (Lipinski definition) is 1. The molecular weight excluding hydrogens is 318 g/mol. The molecule has 0 unspecified atom stereocenters. The van der Waals surface area contributed by atoms with Crippen LogP contribution >= 0.6 is 15.9 Å². The van der Waals surface area contributed by atoms with Gasteiger partial charge in [0, 0.05) is 10.9 Å². The van der Waals surface area contributed by atoms with Crippen molar-refractivity contribution in [2.75, 3.05) is 0 Å². The van der Waals surface area contributed by atoms with E-state index in [0.717, 1.165) is 15.7 Å². The predicted octanol–water partition coefficient (Wildman–Crippen LogP) is 4.61. The number of carbonyl (C=O) groups is 1. The molecule has 106 valence electrons. The van der Waals surface area contributed by atoms with E-state index in [9.17, 15) is 4.79 Å². The van der Waals surface area contributed by atoms with E-state index in [1.54, 1.807) is 0 Å². The largest absolute Gasteiger partial charge is 0.481 e. The normalized spacial score (nSPS) is 16.6. The number of H-pyrrole nitrogens is 1. The fraction of sp³-hybridized carbons (Fsp3) is 0.438. The summed E-state index contributed by atoms with van der Waals surface area (Å²) in [6, 6.07) is 5.96. The van der Waals surface area contributed by atoms with Crippen LogP contribution in [-0.2, 0) is 11.2 Å². The summed E-state index contributed by atoms with van der Waals surface area (Å²) in [5.41, 5.74) is 3.26. The first-order valence-electron chi connectivity index (χ1n) is 7.17. The SMILES string of the molecule is O=C(O)Cc1ccc2c(C3CCCCC3)c(Br)[nH]c2c1. The molecule has 1 aliphatic carbocycles. The van der Waals surface area contributed by atoms with E-state index in [2.05, 4.69) is 27.0 Å². The zero-order valence-corrected chi connectivity index (χ0v) is 12.9. The van der Waals surface area contributed by atoms with Crippen LogP contribution < -0.4 is 0 Å². The molecule has 1 aromatic carbocycles. The van der Waals surface area contributed by atoms with Gasteiger partial charge in [-0.1, -0.05) is 31.4 Å². The summed E-state index contributed by atoms with van der Waals surface area (Å²) < 4.78 is 1.06. The van der Waals surface area contributed by atoms with Crippen LogP contribution in [0.15, 0.2) is 22.8 Å². The smallest absolute Gasteiger partial charge is 0.307 e. The maximum atomic E-state index is 10.8. The minimum Gasteiger partial charge on any atom is -0.481 e. The average Bonchev–Trinajstić information content (AvgIpc) is 2.74. The molecule has 0 bridgehead atoms. The summed E-state index contributed by atoms with van der Waals surface area (Å²) in [6.45, 7) is 0. The van der Waals surface area contributed by atoms with Crippen LogP contribution in [0, 0.1) is 0 Å². The number of aromatic amines is 1. The number of carboxylic acid groups (broad SMARTS) is 1. The van der Waals surface area contributed by atoms with Gasteiger partial charge in [0.05, 0.1) is 11.0 Å². The summed E-state index contributed by atoms with van der Waals surface area (Å²) in [4.78, 5) is 14.2. The Bertz CT molecular complexity index is 641. The molecule has 2 N–H and O–H groups in total. The zero-order chi connectivity index (χ0) is 14.1. The molecule has 0 amide bonds. The van der Waals surface area contributed by atoms with Crippen molar-refractivity contribution in [3.8, 4) is 0 Å². The second-order valence-corrected chi connectivity index (χ2v) is 6.43. The summed E-state index contributed by atoms with van der Waals surface area (Å²) in [7, 11) is 0. The number of hydrogen-bond donors (Lipinski definition) is 2. The van der Waals surface area contributed by atoms with Crippen LogP contribution in [0.1, 0.15) is 49.1 Å². The Hall–Kier alpha value is -1.29. The van der Waals surface area contributed by atoms with Gasteiger partial charge >= 0.3 is 5.97 Å². The lowest BCUT2D eigenvalue weighted by atomic mass is 9.84. The maximum Gasteiger partial charge on any atom is 0.307 e. The van der Waals surface area contributed by atoms with Crippen LogP contribution in [0.3, 0.4) is 0 Å². The maximum absolute atomic E-state index is 10.8. The first-order chi connectivity index (χ1) is 9.65. The van der Waals surface area contributed by atoms with E-state index < -0.39 is 5.97 Å². The number of carboxylic acids is 1. The summed E-state index contributed by atoms with van der Waals surface area (Å²) in [5.74, 6) is -0.167. The standard InChI is InChI=1S/C16H18BrNO2/c17-16-15(11-4-2-1-3-5-11)12-7-6-10(9-14(19)20)8-13(12)18-16/h6-8,11,18H,1-5,9H2,(H,19,20). The van der Waals surface area contributed by atoms with E-state index in [1.165, 1.54) is 43.1 Å². The molecule has 0 radical (unpaired) electrons. The molecule has 0 atom stereocenters. The molecule has 3 rings (SSSR count). The van der Waals surface area contributed by atoms with Crippen molar-refractivity contribution in [1.29, 1.82) is 0 Å². The lowest BCUT2D eigenvalue weighted by molar-refractivity contribution is -0.136. The Morgan fingerprint density at radius 2 is 2.05 bits per heavy atom. The second-order valence-electron chi connectivity index (χ2n) is 5.64. The van der Waals surface area contributed by atoms with Crippen LogP contribution in [0.2, 0.25) is 0 Å². The number of fused-ring (bicyclic) bond motifs is 1. The highest BCUT2D eigenvalue weighted by Crippen LogP contribution is 2.40. The van der Waals surface area contributed by atoms with Crippen LogP contribution in [0.4, 0.5) is 0 Å². The lowest BCUT2D eigenvalue weighted by Crippen LogP contribution is -2.04. The quantitative estimate of drug-likeness (QED) is 0.860. The molecule has 1 aromatic heterocycles. The van der Waals surface area contributed by atoms with Gasteiger partial charge in [-0.05, 0) is 51.9 Å². The average molecular weight is 336 g/mol. The summed E-state index contributed by atoms with van der Waals surface area (Å²) in [5, 5.41) is 10.1. The number of benzene rings is 1. The number of rotatable bonds is 3. The zero-order valence-electron chi connectivity index (χ0n) is 11.3. The second kappa shape index (κ2) is 5.60. The highest BCUT2D eigenvalue weighted by atomic mass is 79.9. The number of nitrogens with one attached hydrogen (secondary N) is 1. The van der Waals surface area contributed by atoms with Crippen molar-refractivity contribution in [3.05, 3.63) is 33.9 Å². The molecule has 20 heavy (non-hydrogen) atoms. The molecule has 3 nitrogen and oxygen atoms in total. The molecule has 0 spiro atoms. The number of aliphatic carboxylic acids is 1. The third kappa shape index (κ3) is 2.62. The first-order valence-corrected chi connectivity index (χ1v) is 7.96. The molecule has 1 saturated carbocycles. The Morgan fingerprint density at radius 3 is 2.75 bits per heavy atom. The lowest BCUT2D eigenvalue weighted by Gasteiger charge is -2.21. The highest BCUT2D eigenvalue weighted by molar-refractivity contribution is 9.10. The van der Waals surface area contributed by atoms with Crippen LogP contribution in [0.5, 0.6) is 0 Å². The van der Waals surface area contributed by atoms with Gasteiger partial charge in [0.15, 0.2) is 0 Å². The minimum atomic E-state index is -0.789. The Kier molecular flexibility index (Phi) is 3.83. The van der Waals surface area contributed by atoms with E-state index >= 15 is 0 Å². The Morgan fingerprint density at radius 1 is 1.30 bits per heavy atom. The molecule has 4 heteroatoms. The molecule has 0 aliphatic heterocycles. The number of aromatic nitrogens is 1. The van der Waals surface area contributed by atoms with Crippen molar-refractivity contribution in [3.63, 3.8) is 0 Å². The fourth-order valence-electron chi connectivity index (χ4n) is 3.31. The van der Waals surface area contributed by atoms with Crippen molar-refractivity contribution >= 4 is 32.8 Å². The highest BCUT2D eigenvalue weighted by Gasteiger charge is 2.22. The molecular formula is C16H18BrNO2. The van der Waals surface area contributed by atoms with E-state index in [4.69, 9.17) is 5.11 Å². The summed E-state index contributed by atoms with van der Waals surface area (Å²) >= 11 is 3.65. The number of halogens is 1. The fourth-order valence-corrected chi connectivity index (χ4v) is 4.06. The van der Waals surface area contributed by atoms with Gasteiger partial charge in [-0.15, -0.1) is 0 Å². The first kappa shape index (κ1) is 13.7. The Balaban J connectivity index is 2.00. The van der Waals surface area contributed by atoms with Gasteiger partial charge in [-0.2, -0.15) is 0 Å². The van der Waals surface area contributed by atoms with Crippen LogP contribution in [-0.4, -0.2) is 16.1 Å². The van der Waals surface area contributed by atoms with Gasteiger partial charge in [-0.25, -0.2) is 0 Å².